The molecule has 0 amide bonds. The first kappa shape index (κ1) is 19.9. The predicted octanol–water partition coefficient (Wildman–Crippen LogP) is 4.27. The summed E-state index contributed by atoms with van der Waals surface area (Å²) in [4.78, 5) is 18.3. The minimum absolute atomic E-state index is 0.148. The molecule has 4 N–H and O–H groups in total. The normalized spacial score (nSPS) is 10.7. The van der Waals surface area contributed by atoms with Crippen molar-refractivity contribution in [3.8, 4) is 5.75 Å². The van der Waals surface area contributed by atoms with Gasteiger partial charge in [0.25, 0.3) is 5.56 Å². The van der Waals surface area contributed by atoms with Crippen LogP contribution in [0.3, 0.4) is 0 Å². The lowest BCUT2D eigenvalue weighted by Gasteiger charge is -2.13. The van der Waals surface area contributed by atoms with Crippen LogP contribution in [-0.4, -0.2) is 15.7 Å². The van der Waals surface area contributed by atoms with E-state index in [1.165, 1.54) is 12.4 Å². The lowest BCUT2D eigenvalue weighted by molar-refractivity contribution is 0.306. The number of benzene rings is 1. The Morgan fingerprint density at radius 2 is 2.04 bits per heavy atom. The number of halogens is 2. The van der Waals surface area contributed by atoms with Crippen molar-refractivity contribution in [2.75, 3.05) is 5.73 Å². The average molecular weight is 417 g/mol. The lowest BCUT2D eigenvalue weighted by atomic mass is 10.0. The molecule has 2 aromatic heterocycles. The summed E-state index contributed by atoms with van der Waals surface area (Å²) in [6, 6.07) is 6.69. The van der Waals surface area contributed by atoms with E-state index < -0.39 is 0 Å². The molecule has 0 spiro atoms. The predicted molar refractivity (Wildman–Crippen MR) is 112 cm³/mol. The summed E-state index contributed by atoms with van der Waals surface area (Å²) in [5, 5.41) is 9.34. The number of hydrogen-bond acceptors (Lipinski definition) is 5. The molecule has 0 aliphatic carbocycles. The minimum atomic E-state index is -0.192. The summed E-state index contributed by atoms with van der Waals surface area (Å²) in [5.41, 5.74) is 9.34. The van der Waals surface area contributed by atoms with Gasteiger partial charge in [0, 0.05) is 40.3 Å². The van der Waals surface area contributed by atoms with Gasteiger partial charge in [0.15, 0.2) is 0 Å². The minimum Gasteiger partial charge on any atom is -0.489 e. The summed E-state index contributed by atoms with van der Waals surface area (Å²) in [6.45, 7) is 3.62. The Labute approximate surface area is 171 Å². The third-order valence-corrected chi connectivity index (χ3v) is 5.12. The van der Waals surface area contributed by atoms with Crippen LogP contribution in [0.25, 0.3) is 0 Å². The molecule has 0 atom stereocenters. The number of pyridine rings is 2. The highest BCUT2D eigenvalue weighted by atomic mass is 35.5. The highest BCUT2D eigenvalue weighted by molar-refractivity contribution is 6.36. The summed E-state index contributed by atoms with van der Waals surface area (Å²) >= 11 is 12.4. The molecule has 3 rings (SSSR count). The van der Waals surface area contributed by atoms with Crippen molar-refractivity contribution in [1.29, 1.82) is 5.41 Å². The van der Waals surface area contributed by atoms with Crippen molar-refractivity contribution in [1.82, 2.24) is 9.97 Å². The van der Waals surface area contributed by atoms with Crippen molar-refractivity contribution in [2.45, 2.75) is 20.5 Å². The average Bonchev–Trinajstić information content (AvgIpc) is 2.67. The van der Waals surface area contributed by atoms with Crippen molar-refractivity contribution >= 4 is 34.6 Å². The summed E-state index contributed by atoms with van der Waals surface area (Å²) in [6.07, 6.45) is 3.02. The number of nitrogens with zero attached hydrogens (tertiary/aromatic N) is 1. The molecule has 0 aliphatic rings. The number of rotatable bonds is 5. The van der Waals surface area contributed by atoms with Gasteiger partial charge in [-0.2, -0.15) is 0 Å². The first-order valence-corrected chi connectivity index (χ1v) is 9.14. The Morgan fingerprint density at radius 3 is 2.75 bits per heavy atom. The van der Waals surface area contributed by atoms with Crippen LogP contribution in [0.4, 0.5) is 5.69 Å². The number of nitrogens with one attached hydrogen (secondary N) is 2. The molecular formula is C20H18Cl2N4O2. The van der Waals surface area contributed by atoms with Gasteiger partial charge >= 0.3 is 0 Å². The van der Waals surface area contributed by atoms with Crippen LogP contribution in [0.5, 0.6) is 5.75 Å². The standard InChI is InChI=1S/C20H18Cl2N4O2/c1-10-5-12(7-26-20(10)27)19(24)14-6-13(3-4-17(14)23)28-9-15-16(21)8-25-11(2)18(15)22/h3-8,24H,9,23H2,1-2H3,(H,26,27). The van der Waals surface area contributed by atoms with E-state index in [4.69, 9.17) is 39.1 Å². The zero-order chi connectivity index (χ0) is 20.4. The van der Waals surface area contributed by atoms with Gasteiger partial charge in [-0.25, -0.2) is 0 Å². The number of nitrogens with two attached hydrogens (primary N) is 1. The molecule has 0 aliphatic heterocycles. The Morgan fingerprint density at radius 1 is 1.29 bits per heavy atom. The summed E-state index contributed by atoms with van der Waals surface area (Å²) in [7, 11) is 0. The quantitative estimate of drug-likeness (QED) is 0.426. The molecule has 8 heteroatoms. The van der Waals surface area contributed by atoms with Crippen molar-refractivity contribution in [3.05, 3.63) is 85.0 Å². The Balaban J connectivity index is 1.88. The van der Waals surface area contributed by atoms with Crippen LogP contribution >= 0.6 is 23.2 Å². The monoisotopic (exact) mass is 416 g/mol. The molecule has 28 heavy (non-hydrogen) atoms. The molecule has 0 unspecified atom stereocenters. The number of anilines is 1. The number of nitrogen functional groups attached to an aromatic ring is 1. The van der Waals surface area contributed by atoms with Crippen molar-refractivity contribution in [3.63, 3.8) is 0 Å². The third kappa shape index (κ3) is 4.03. The van der Waals surface area contributed by atoms with E-state index >= 15 is 0 Å². The van der Waals surface area contributed by atoms with Gasteiger partial charge in [0.2, 0.25) is 0 Å². The maximum absolute atomic E-state index is 11.6. The van der Waals surface area contributed by atoms with Gasteiger partial charge in [-0.1, -0.05) is 23.2 Å². The number of ether oxygens (including phenoxy) is 1. The second-order valence-electron chi connectivity index (χ2n) is 6.30. The van der Waals surface area contributed by atoms with Crippen LogP contribution < -0.4 is 16.0 Å². The molecule has 1 aromatic carbocycles. The van der Waals surface area contributed by atoms with Gasteiger partial charge < -0.3 is 15.5 Å². The van der Waals surface area contributed by atoms with E-state index in [2.05, 4.69) is 9.97 Å². The second-order valence-corrected chi connectivity index (χ2v) is 7.08. The van der Waals surface area contributed by atoms with E-state index in [1.807, 2.05) is 0 Å². The summed E-state index contributed by atoms with van der Waals surface area (Å²) in [5.74, 6) is 0.511. The molecule has 0 saturated carbocycles. The van der Waals surface area contributed by atoms with Crippen LogP contribution in [0.1, 0.15) is 27.9 Å². The van der Waals surface area contributed by atoms with Crippen LogP contribution in [0, 0.1) is 19.3 Å². The van der Waals surface area contributed by atoms with E-state index in [9.17, 15) is 4.79 Å². The summed E-state index contributed by atoms with van der Waals surface area (Å²) < 4.78 is 5.83. The zero-order valence-electron chi connectivity index (χ0n) is 15.3. The fourth-order valence-electron chi connectivity index (χ4n) is 2.64. The van der Waals surface area contributed by atoms with E-state index in [-0.39, 0.29) is 17.9 Å². The largest absolute Gasteiger partial charge is 0.489 e. The number of hydrogen-bond donors (Lipinski definition) is 3. The zero-order valence-corrected chi connectivity index (χ0v) is 16.8. The molecule has 0 saturated heterocycles. The fraction of sp³-hybridized carbons (Fsp3) is 0.150. The smallest absolute Gasteiger partial charge is 0.250 e. The van der Waals surface area contributed by atoms with Crippen LogP contribution in [0.15, 0.2) is 41.5 Å². The van der Waals surface area contributed by atoms with Crippen LogP contribution in [-0.2, 0) is 6.61 Å². The van der Waals surface area contributed by atoms with Gasteiger partial charge in [-0.05, 0) is 38.1 Å². The molecule has 6 nitrogen and oxygen atoms in total. The Bertz CT molecular complexity index is 1130. The number of aromatic amines is 1. The topological polar surface area (TPSA) is 105 Å². The Hall–Kier alpha value is -2.83. The number of H-pyrrole nitrogens is 1. The van der Waals surface area contributed by atoms with Crippen molar-refractivity contribution in [2.24, 2.45) is 0 Å². The van der Waals surface area contributed by atoms with Gasteiger partial charge in [0.1, 0.15) is 12.4 Å². The fourth-order valence-corrected chi connectivity index (χ4v) is 3.09. The van der Waals surface area contributed by atoms with E-state index in [0.717, 1.165) is 0 Å². The third-order valence-electron chi connectivity index (χ3n) is 4.30. The van der Waals surface area contributed by atoms with Crippen LogP contribution in [0.2, 0.25) is 10.0 Å². The lowest BCUT2D eigenvalue weighted by Crippen LogP contribution is -2.13. The molecule has 0 fully saturated rings. The van der Waals surface area contributed by atoms with Crippen molar-refractivity contribution < 1.29 is 4.74 Å². The molecule has 3 aromatic rings. The van der Waals surface area contributed by atoms with Gasteiger partial charge in [0.05, 0.1) is 21.5 Å². The Kier molecular flexibility index (Phi) is 5.72. The molecule has 0 bridgehead atoms. The highest BCUT2D eigenvalue weighted by Gasteiger charge is 2.14. The molecular weight excluding hydrogens is 399 g/mol. The first-order valence-electron chi connectivity index (χ1n) is 8.38. The first-order chi connectivity index (χ1) is 13.3. The maximum atomic E-state index is 11.6. The second kappa shape index (κ2) is 8.04. The van der Waals surface area contributed by atoms with Gasteiger partial charge in [-0.3, -0.25) is 15.2 Å². The van der Waals surface area contributed by atoms with E-state index in [1.54, 1.807) is 38.1 Å². The molecule has 0 radical (unpaired) electrons. The number of aryl methyl sites for hydroxylation is 2. The maximum Gasteiger partial charge on any atom is 0.250 e. The number of aromatic nitrogens is 2. The molecule has 144 valence electrons. The highest BCUT2D eigenvalue weighted by Crippen LogP contribution is 2.28. The SMILES string of the molecule is Cc1ncc(Cl)c(COc2ccc(N)c(C(=N)c3c[nH]c(=O)c(C)c3)c2)c1Cl. The molecule has 2 heterocycles. The van der Waals surface area contributed by atoms with Gasteiger partial charge in [-0.15, -0.1) is 0 Å². The van der Waals surface area contributed by atoms with E-state index in [0.29, 0.717) is 49.4 Å².